The molecule has 0 heterocycles. The average molecular weight is 239 g/mol. The molecule has 2 atom stereocenters. The Morgan fingerprint density at radius 3 is 2.65 bits per heavy atom. The van der Waals surface area contributed by atoms with Crippen molar-refractivity contribution in [1.29, 1.82) is 0 Å². The molecule has 2 unspecified atom stereocenters. The van der Waals surface area contributed by atoms with E-state index in [-0.39, 0.29) is 23.6 Å². The maximum Gasteiger partial charge on any atom is 0.120 e. The van der Waals surface area contributed by atoms with Crippen molar-refractivity contribution in [1.82, 2.24) is 5.32 Å². The molecule has 0 radical (unpaired) electrons. The van der Waals surface area contributed by atoms with Crippen molar-refractivity contribution < 1.29 is 14.9 Å². The van der Waals surface area contributed by atoms with Crippen LogP contribution < -0.4 is 5.32 Å². The largest absolute Gasteiger partial charge is 0.508 e. The molecule has 1 aromatic rings. The lowest BCUT2D eigenvalue weighted by atomic mass is 10.1. The van der Waals surface area contributed by atoms with Gasteiger partial charge in [0, 0.05) is 24.8 Å². The maximum absolute atomic E-state index is 9.74. The maximum atomic E-state index is 9.74. The summed E-state index contributed by atoms with van der Waals surface area (Å²) >= 11 is 0. The van der Waals surface area contributed by atoms with Crippen LogP contribution >= 0.6 is 0 Å². The lowest BCUT2D eigenvalue weighted by Crippen LogP contribution is -2.34. The Hall–Kier alpha value is -1.26. The smallest absolute Gasteiger partial charge is 0.120 e. The van der Waals surface area contributed by atoms with E-state index in [2.05, 4.69) is 12.2 Å². The highest BCUT2D eigenvalue weighted by molar-refractivity contribution is 5.40. The Labute approximate surface area is 102 Å². The Balaban J connectivity index is 2.74. The van der Waals surface area contributed by atoms with Gasteiger partial charge in [0.25, 0.3) is 0 Å². The summed E-state index contributed by atoms with van der Waals surface area (Å²) < 4.78 is 5.11. The van der Waals surface area contributed by atoms with Crippen molar-refractivity contribution in [2.24, 2.45) is 0 Å². The standard InChI is InChI=1S/C13H21NO3/c1-4-10(8-17-3)14-9(2)12-7-11(15)5-6-13(12)16/h5-7,9-10,14-16H,4,8H2,1-3H3. The summed E-state index contributed by atoms with van der Waals surface area (Å²) in [6.45, 7) is 4.65. The van der Waals surface area contributed by atoms with E-state index in [0.717, 1.165) is 6.42 Å². The predicted molar refractivity (Wildman–Crippen MR) is 67.3 cm³/mol. The van der Waals surface area contributed by atoms with Crippen molar-refractivity contribution in [2.45, 2.75) is 32.4 Å². The lowest BCUT2D eigenvalue weighted by Gasteiger charge is -2.22. The summed E-state index contributed by atoms with van der Waals surface area (Å²) in [6.07, 6.45) is 0.942. The van der Waals surface area contributed by atoms with Crippen LogP contribution in [0.2, 0.25) is 0 Å². The molecule has 0 aliphatic heterocycles. The highest BCUT2D eigenvalue weighted by Gasteiger charge is 2.15. The minimum absolute atomic E-state index is 0.0396. The second kappa shape index (κ2) is 6.47. The van der Waals surface area contributed by atoms with E-state index in [1.807, 2.05) is 6.92 Å². The number of methoxy groups -OCH3 is 1. The third-order valence-corrected chi connectivity index (χ3v) is 2.82. The molecule has 0 fully saturated rings. The topological polar surface area (TPSA) is 61.7 Å². The summed E-state index contributed by atoms with van der Waals surface area (Å²) in [6, 6.07) is 4.74. The summed E-state index contributed by atoms with van der Waals surface area (Å²) in [5.74, 6) is 0.348. The first-order valence-electron chi connectivity index (χ1n) is 5.85. The van der Waals surface area contributed by atoms with Crippen molar-refractivity contribution in [3.8, 4) is 11.5 Å². The normalized spacial score (nSPS) is 14.5. The highest BCUT2D eigenvalue weighted by atomic mass is 16.5. The molecule has 0 saturated carbocycles. The quantitative estimate of drug-likeness (QED) is 0.666. The van der Waals surface area contributed by atoms with Crippen molar-refractivity contribution in [3.63, 3.8) is 0 Å². The molecule has 0 aliphatic rings. The molecule has 0 spiro atoms. The van der Waals surface area contributed by atoms with Crippen LogP contribution in [0.1, 0.15) is 31.9 Å². The van der Waals surface area contributed by atoms with E-state index in [4.69, 9.17) is 4.74 Å². The van der Waals surface area contributed by atoms with Crippen LogP contribution in [0.5, 0.6) is 11.5 Å². The van der Waals surface area contributed by atoms with Gasteiger partial charge in [-0.2, -0.15) is 0 Å². The van der Waals surface area contributed by atoms with Gasteiger partial charge in [-0.25, -0.2) is 0 Å². The van der Waals surface area contributed by atoms with E-state index < -0.39 is 0 Å². The lowest BCUT2D eigenvalue weighted by molar-refractivity contribution is 0.159. The molecule has 96 valence electrons. The van der Waals surface area contributed by atoms with Gasteiger partial charge in [0.15, 0.2) is 0 Å². The zero-order valence-corrected chi connectivity index (χ0v) is 10.6. The molecule has 1 aromatic carbocycles. The zero-order chi connectivity index (χ0) is 12.8. The van der Waals surface area contributed by atoms with Crippen LogP contribution in [0, 0.1) is 0 Å². The fraction of sp³-hybridized carbons (Fsp3) is 0.538. The van der Waals surface area contributed by atoms with E-state index in [9.17, 15) is 10.2 Å². The number of phenolic OH excluding ortho intramolecular Hbond substituents is 2. The van der Waals surface area contributed by atoms with Crippen LogP contribution in [0.15, 0.2) is 18.2 Å². The summed E-state index contributed by atoms with van der Waals surface area (Å²) in [5, 5.41) is 22.5. The molecule has 4 nitrogen and oxygen atoms in total. The monoisotopic (exact) mass is 239 g/mol. The van der Waals surface area contributed by atoms with Crippen molar-refractivity contribution in [3.05, 3.63) is 23.8 Å². The minimum Gasteiger partial charge on any atom is -0.508 e. The zero-order valence-electron chi connectivity index (χ0n) is 10.6. The molecule has 0 aliphatic carbocycles. The molecule has 17 heavy (non-hydrogen) atoms. The third-order valence-electron chi connectivity index (χ3n) is 2.82. The number of benzene rings is 1. The van der Waals surface area contributed by atoms with Crippen LogP contribution in [0.4, 0.5) is 0 Å². The van der Waals surface area contributed by atoms with Crippen molar-refractivity contribution >= 4 is 0 Å². The molecule has 4 heteroatoms. The van der Waals surface area contributed by atoms with Gasteiger partial charge in [-0.1, -0.05) is 6.92 Å². The second-order valence-corrected chi connectivity index (χ2v) is 4.19. The van der Waals surface area contributed by atoms with Crippen LogP contribution in [0.3, 0.4) is 0 Å². The Bertz CT molecular complexity index is 355. The van der Waals surface area contributed by atoms with E-state index in [1.54, 1.807) is 13.2 Å². The summed E-state index contributed by atoms with van der Waals surface area (Å²) in [4.78, 5) is 0. The first-order valence-corrected chi connectivity index (χ1v) is 5.85. The van der Waals surface area contributed by atoms with Crippen molar-refractivity contribution in [2.75, 3.05) is 13.7 Å². The van der Waals surface area contributed by atoms with Gasteiger partial charge in [-0.05, 0) is 31.5 Å². The van der Waals surface area contributed by atoms with Crippen LogP contribution in [-0.2, 0) is 4.74 Å². The SMILES string of the molecule is CCC(COC)NC(C)c1cc(O)ccc1O. The summed E-state index contributed by atoms with van der Waals surface area (Å²) in [5.41, 5.74) is 0.694. The van der Waals surface area contributed by atoms with E-state index in [1.165, 1.54) is 12.1 Å². The second-order valence-electron chi connectivity index (χ2n) is 4.19. The van der Waals surface area contributed by atoms with Gasteiger partial charge in [0.2, 0.25) is 0 Å². The molecule has 0 saturated heterocycles. The number of hydrogen-bond donors (Lipinski definition) is 3. The van der Waals surface area contributed by atoms with Gasteiger partial charge >= 0.3 is 0 Å². The molecule has 0 aromatic heterocycles. The third kappa shape index (κ3) is 3.91. The fourth-order valence-electron chi connectivity index (χ4n) is 1.82. The Kier molecular flexibility index (Phi) is 5.25. The fourth-order valence-corrected chi connectivity index (χ4v) is 1.82. The van der Waals surface area contributed by atoms with E-state index >= 15 is 0 Å². The highest BCUT2D eigenvalue weighted by Crippen LogP contribution is 2.28. The van der Waals surface area contributed by atoms with Gasteiger partial charge in [-0.3, -0.25) is 0 Å². The molecule has 0 amide bonds. The minimum atomic E-state index is -0.0396. The van der Waals surface area contributed by atoms with Crippen LogP contribution in [0.25, 0.3) is 0 Å². The first-order chi connectivity index (χ1) is 8.08. The number of phenols is 2. The molecule has 1 rings (SSSR count). The molecule has 3 N–H and O–H groups in total. The van der Waals surface area contributed by atoms with Gasteiger partial charge in [0.05, 0.1) is 6.61 Å². The summed E-state index contributed by atoms with van der Waals surface area (Å²) in [7, 11) is 1.67. The number of rotatable bonds is 6. The Morgan fingerprint density at radius 1 is 1.35 bits per heavy atom. The number of ether oxygens (including phenoxy) is 1. The number of hydrogen-bond acceptors (Lipinski definition) is 4. The van der Waals surface area contributed by atoms with Gasteiger partial charge in [0.1, 0.15) is 11.5 Å². The first kappa shape index (κ1) is 13.8. The van der Waals surface area contributed by atoms with Crippen LogP contribution in [-0.4, -0.2) is 30.0 Å². The Morgan fingerprint density at radius 2 is 2.06 bits per heavy atom. The van der Waals surface area contributed by atoms with Gasteiger partial charge in [-0.15, -0.1) is 0 Å². The molecule has 0 bridgehead atoms. The number of aromatic hydroxyl groups is 2. The predicted octanol–water partition coefficient (Wildman–Crippen LogP) is 2.17. The molecular weight excluding hydrogens is 218 g/mol. The average Bonchev–Trinajstić information content (AvgIpc) is 2.31. The van der Waals surface area contributed by atoms with E-state index in [0.29, 0.717) is 12.2 Å². The van der Waals surface area contributed by atoms with Gasteiger partial charge < -0.3 is 20.3 Å². The number of nitrogens with one attached hydrogen (secondary N) is 1. The molecular formula is C13H21NO3.